The highest BCUT2D eigenvalue weighted by Gasteiger charge is 2.19. The lowest BCUT2D eigenvalue weighted by atomic mass is 10.0. The second-order valence-electron chi connectivity index (χ2n) is 8.15. The summed E-state index contributed by atoms with van der Waals surface area (Å²) in [6, 6.07) is 7.15. The number of hydrogen-bond donors (Lipinski definition) is 5. The quantitative estimate of drug-likeness (QED) is 0.345. The van der Waals surface area contributed by atoms with Crippen molar-refractivity contribution in [3.05, 3.63) is 42.4 Å². The maximum absolute atomic E-state index is 12.3. The molecule has 0 aliphatic heterocycles. The van der Waals surface area contributed by atoms with Gasteiger partial charge in [-0.15, -0.1) is 0 Å². The molecule has 1 atom stereocenters. The Hall–Kier alpha value is -3.88. The van der Waals surface area contributed by atoms with Gasteiger partial charge in [0.15, 0.2) is 0 Å². The molecule has 5 N–H and O–H groups in total. The zero-order valence-electron chi connectivity index (χ0n) is 18.5. The second-order valence-corrected chi connectivity index (χ2v) is 8.15. The molecule has 3 rings (SSSR count). The fourth-order valence-electron chi connectivity index (χ4n) is 2.96. The molecule has 0 saturated carbocycles. The maximum Gasteiger partial charge on any atom is 0.270 e. The van der Waals surface area contributed by atoms with Crippen molar-refractivity contribution in [1.29, 1.82) is 10.8 Å². The Morgan fingerprint density at radius 2 is 1.88 bits per heavy atom. The highest BCUT2D eigenvalue weighted by molar-refractivity contribution is 6.45. The van der Waals surface area contributed by atoms with Gasteiger partial charge in [0.25, 0.3) is 11.8 Å². The van der Waals surface area contributed by atoms with Gasteiger partial charge >= 0.3 is 0 Å². The Morgan fingerprint density at radius 3 is 2.56 bits per heavy atom. The molecule has 0 fully saturated rings. The Kier molecular flexibility index (Phi) is 6.77. The number of aromatic nitrogens is 3. The smallest absolute Gasteiger partial charge is 0.270 e. The minimum atomic E-state index is -0.563. The van der Waals surface area contributed by atoms with Crippen LogP contribution in [0.2, 0.25) is 0 Å². The number of anilines is 1. The van der Waals surface area contributed by atoms with Crippen LogP contribution in [0.15, 0.2) is 36.7 Å². The Morgan fingerprint density at radius 1 is 1.12 bits per heavy atom. The van der Waals surface area contributed by atoms with Crippen molar-refractivity contribution in [2.45, 2.75) is 27.7 Å². The second kappa shape index (κ2) is 9.51. The Bertz CT molecular complexity index is 1200. The van der Waals surface area contributed by atoms with E-state index in [-0.39, 0.29) is 17.3 Å². The number of pyridine rings is 2. The van der Waals surface area contributed by atoms with Gasteiger partial charge in [-0.2, -0.15) is 0 Å². The third-order valence-corrected chi connectivity index (χ3v) is 5.03. The summed E-state index contributed by atoms with van der Waals surface area (Å²) in [6.45, 7) is 7.84. The number of nitrogens with zero attached hydrogens (tertiary/aromatic N) is 2. The lowest BCUT2D eigenvalue weighted by molar-refractivity contribution is -0.110. The Labute approximate surface area is 186 Å². The molecule has 3 aromatic heterocycles. The molecule has 32 heavy (non-hydrogen) atoms. The molecule has 0 saturated heterocycles. The number of carbonyl (C=O) groups excluding carboxylic acids is 2. The molecule has 1 unspecified atom stereocenters. The van der Waals surface area contributed by atoms with Crippen LogP contribution in [-0.2, 0) is 4.79 Å². The minimum absolute atomic E-state index is 0.174. The van der Waals surface area contributed by atoms with E-state index in [1.54, 1.807) is 38.2 Å². The fourth-order valence-corrected chi connectivity index (χ4v) is 2.96. The van der Waals surface area contributed by atoms with Crippen LogP contribution in [0.1, 0.15) is 38.2 Å². The average molecular weight is 434 g/mol. The molecular weight excluding hydrogens is 406 g/mol. The van der Waals surface area contributed by atoms with Crippen LogP contribution < -0.4 is 10.6 Å². The fraction of sp³-hybridized carbons (Fsp3) is 0.304. The Balaban J connectivity index is 1.80. The molecule has 3 aromatic rings. The van der Waals surface area contributed by atoms with Gasteiger partial charge in [-0.1, -0.05) is 20.8 Å². The highest BCUT2D eigenvalue weighted by Crippen LogP contribution is 2.25. The van der Waals surface area contributed by atoms with Gasteiger partial charge in [-0.3, -0.25) is 20.0 Å². The monoisotopic (exact) mass is 433 g/mol. The maximum atomic E-state index is 12.3. The van der Waals surface area contributed by atoms with Crippen molar-refractivity contribution in [2.24, 2.45) is 11.8 Å². The summed E-state index contributed by atoms with van der Waals surface area (Å²) in [5.74, 6) is -0.995. The minimum Gasteiger partial charge on any atom is -0.350 e. The number of fused-ring (bicyclic) bond motifs is 1. The van der Waals surface area contributed by atoms with E-state index < -0.39 is 11.8 Å². The van der Waals surface area contributed by atoms with Gasteiger partial charge in [-0.05, 0) is 37.1 Å². The number of carbonyl (C=O) groups is 2. The molecule has 0 bridgehead atoms. The molecule has 3 heterocycles. The van der Waals surface area contributed by atoms with E-state index in [0.717, 1.165) is 16.6 Å². The van der Waals surface area contributed by atoms with Gasteiger partial charge in [0.05, 0.1) is 11.9 Å². The van der Waals surface area contributed by atoms with Crippen molar-refractivity contribution in [1.82, 2.24) is 20.3 Å². The summed E-state index contributed by atoms with van der Waals surface area (Å²) in [6.07, 6.45) is 3.09. The SMILES string of the molecule is CC(=N)C(C)C(=N)C(=O)Nc1cnc2[nH]c(-c3ccnc(C(=O)NCC(C)C)c3)cc2c1. The number of H-pyrrole nitrogens is 1. The molecule has 9 heteroatoms. The molecule has 166 valence electrons. The topological polar surface area (TPSA) is 147 Å². The first-order valence-corrected chi connectivity index (χ1v) is 10.3. The van der Waals surface area contributed by atoms with E-state index in [2.05, 4.69) is 25.6 Å². The molecular formula is C23H27N7O2. The van der Waals surface area contributed by atoms with Crippen LogP contribution in [0.3, 0.4) is 0 Å². The highest BCUT2D eigenvalue weighted by atomic mass is 16.2. The standard InChI is InChI=1S/C23H27N7O2/c1-12(2)10-28-22(31)19-8-15(5-6-26-19)18-9-16-7-17(11-27-21(16)30-18)29-23(32)20(25)13(3)14(4)24/h5-9,11-13,24-25H,10H2,1-4H3,(H,27,30)(H,28,31)(H,29,32). The zero-order chi connectivity index (χ0) is 23.4. The van der Waals surface area contributed by atoms with Gasteiger partial charge in [0, 0.05) is 41.0 Å². The summed E-state index contributed by atoms with van der Waals surface area (Å²) in [4.78, 5) is 36.4. The summed E-state index contributed by atoms with van der Waals surface area (Å²) in [5, 5.41) is 21.9. The average Bonchev–Trinajstić information content (AvgIpc) is 3.19. The molecule has 0 aliphatic carbocycles. The lowest BCUT2D eigenvalue weighted by Crippen LogP contribution is -2.30. The third kappa shape index (κ3) is 5.23. The van der Waals surface area contributed by atoms with Crippen LogP contribution in [0.4, 0.5) is 5.69 Å². The van der Waals surface area contributed by atoms with E-state index >= 15 is 0 Å². The van der Waals surface area contributed by atoms with Crippen molar-refractivity contribution in [3.8, 4) is 11.3 Å². The molecule has 0 radical (unpaired) electrons. The van der Waals surface area contributed by atoms with Gasteiger partial charge in [0.1, 0.15) is 17.1 Å². The van der Waals surface area contributed by atoms with E-state index in [1.807, 2.05) is 19.9 Å². The molecule has 9 nitrogen and oxygen atoms in total. The van der Waals surface area contributed by atoms with E-state index in [0.29, 0.717) is 29.5 Å². The van der Waals surface area contributed by atoms with Crippen LogP contribution in [0.25, 0.3) is 22.3 Å². The van der Waals surface area contributed by atoms with Crippen molar-refractivity contribution in [2.75, 3.05) is 11.9 Å². The predicted octanol–water partition coefficient (Wildman–Crippen LogP) is 3.64. The van der Waals surface area contributed by atoms with Crippen LogP contribution in [0.5, 0.6) is 0 Å². The first-order chi connectivity index (χ1) is 15.2. The lowest BCUT2D eigenvalue weighted by Gasteiger charge is -2.11. The number of nitrogens with one attached hydrogen (secondary N) is 5. The summed E-state index contributed by atoms with van der Waals surface area (Å²) < 4.78 is 0. The van der Waals surface area contributed by atoms with E-state index in [9.17, 15) is 9.59 Å². The number of rotatable bonds is 8. The van der Waals surface area contributed by atoms with Crippen LogP contribution in [0, 0.1) is 22.7 Å². The van der Waals surface area contributed by atoms with Crippen LogP contribution in [-0.4, -0.2) is 44.7 Å². The molecule has 0 aromatic carbocycles. The molecule has 0 spiro atoms. The third-order valence-electron chi connectivity index (χ3n) is 5.03. The summed E-state index contributed by atoms with van der Waals surface area (Å²) in [5.41, 5.74) is 3.04. The van der Waals surface area contributed by atoms with E-state index in [4.69, 9.17) is 10.8 Å². The van der Waals surface area contributed by atoms with Crippen molar-refractivity contribution in [3.63, 3.8) is 0 Å². The summed E-state index contributed by atoms with van der Waals surface area (Å²) in [7, 11) is 0. The number of hydrogen-bond acceptors (Lipinski definition) is 6. The molecule has 0 aliphatic rings. The predicted molar refractivity (Wildman–Crippen MR) is 125 cm³/mol. The number of aromatic amines is 1. The van der Waals surface area contributed by atoms with Gasteiger partial charge in [-0.25, -0.2) is 4.98 Å². The van der Waals surface area contributed by atoms with Gasteiger partial charge in [0.2, 0.25) is 0 Å². The molecule has 2 amide bonds. The first kappa shape index (κ1) is 22.8. The largest absolute Gasteiger partial charge is 0.350 e. The van der Waals surface area contributed by atoms with Crippen LogP contribution >= 0.6 is 0 Å². The first-order valence-electron chi connectivity index (χ1n) is 10.3. The summed E-state index contributed by atoms with van der Waals surface area (Å²) >= 11 is 0. The number of amides is 2. The van der Waals surface area contributed by atoms with Crippen molar-refractivity contribution < 1.29 is 9.59 Å². The van der Waals surface area contributed by atoms with Crippen molar-refractivity contribution >= 4 is 40.0 Å². The normalized spacial score (nSPS) is 11.9. The zero-order valence-corrected chi connectivity index (χ0v) is 18.5. The van der Waals surface area contributed by atoms with Gasteiger partial charge < -0.3 is 21.0 Å². The van der Waals surface area contributed by atoms with E-state index in [1.165, 1.54) is 6.20 Å².